The molecule has 0 aliphatic heterocycles. The summed E-state index contributed by atoms with van der Waals surface area (Å²) in [5.74, 6) is -0.496. The van der Waals surface area contributed by atoms with Gasteiger partial charge < -0.3 is 10.5 Å². The number of nitrogens with one attached hydrogen (secondary N) is 1. The number of hydrogen-bond acceptors (Lipinski definition) is 2. The number of rotatable bonds is 4. The van der Waals surface area contributed by atoms with Gasteiger partial charge in [0.25, 0.3) is 0 Å². The van der Waals surface area contributed by atoms with Crippen molar-refractivity contribution >= 4 is 5.84 Å². The molecule has 16 heavy (non-hydrogen) atoms. The SMILES string of the molecule is N=C(N)c1cc(F)ccc1COC1CCC1. The van der Waals surface area contributed by atoms with Gasteiger partial charge in [-0.2, -0.15) is 0 Å². The number of halogens is 1. The van der Waals surface area contributed by atoms with E-state index in [1.807, 2.05) is 0 Å². The van der Waals surface area contributed by atoms with E-state index in [4.69, 9.17) is 15.9 Å². The minimum absolute atomic E-state index is 0.119. The van der Waals surface area contributed by atoms with Crippen LogP contribution in [0.3, 0.4) is 0 Å². The van der Waals surface area contributed by atoms with Crippen LogP contribution in [0.5, 0.6) is 0 Å². The van der Waals surface area contributed by atoms with Crippen LogP contribution in [0.25, 0.3) is 0 Å². The summed E-state index contributed by atoms with van der Waals surface area (Å²) in [7, 11) is 0. The van der Waals surface area contributed by atoms with E-state index in [9.17, 15) is 4.39 Å². The van der Waals surface area contributed by atoms with E-state index in [0.29, 0.717) is 18.3 Å². The Morgan fingerprint density at radius 1 is 1.50 bits per heavy atom. The topological polar surface area (TPSA) is 59.1 Å². The largest absolute Gasteiger partial charge is 0.384 e. The van der Waals surface area contributed by atoms with Gasteiger partial charge in [0.2, 0.25) is 0 Å². The summed E-state index contributed by atoms with van der Waals surface area (Å²) in [6.45, 7) is 0.403. The highest BCUT2D eigenvalue weighted by atomic mass is 19.1. The van der Waals surface area contributed by atoms with Crippen LogP contribution in [-0.4, -0.2) is 11.9 Å². The molecule has 1 aliphatic carbocycles. The Hall–Kier alpha value is -1.42. The number of nitrogens with two attached hydrogens (primary N) is 1. The molecule has 1 fully saturated rings. The number of amidine groups is 1. The summed E-state index contributed by atoms with van der Waals surface area (Å²) in [4.78, 5) is 0. The lowest BCUT2D eigenvalue weighted by molar-refractivity contribution is -0.00873. The predicted molar refractivity (Wildman–Crippen MR) is 59.8 cm³/mol. The summed E-state index contributed by atoms with van der Waals surface area (Å²) in [5.41, 5.74) is 6.61. The van der Waals surface area contributed by atoms with Gasteiger partial charge in [-0.05, 0) is 37.0 Å². The van der Waals surface area contributed by atoms with Crippen LogP contribution in [0.1, 0.15) is 30.4 Å². The van der Waals surface area contributed by atoms with Gasteiger partial charge in [-0.25, -0.2) is 4.39 Å². The lowest BCUT2D eigenvalue weighted by atomic mass is 9.96. The molecule has 3 N–H and O–H groups in total. The fourth-order valence-corrected chi connectivity index (χ4v) is 1.67. The third-order valence-corrected chi connectivity index (χ3v) is 2.89. The van der Waals surface area contributed by atoms with Crippen molar-refractivity contribution in [1.82, 2.24) is 0 Å². The van der Waals surface area contributed by atoms with Crippen molar-refractivity contribution in [3.8, 4) is 0 Å². The molecule has 4 heteroatoms. The fraction of sp³-hybridized carbons (Fsp3) is 0.417. The normalized spacial score (nSPS) is 15.8. The molecule has 0 bridgehead atoms. The van der Waals surface area contributed by atoms with Crippen molar-refractivity contribution in [3.05, 3.63) is 35.1 Å². The van der Waals surface area contributed by atoms with Crippen LogP contribution in [-0.2, 0) is 11.3 Å². The Morgan fingerprint density at radius 2 is 2.25 bits per heavy atom. The minimum Gasteiger partial charge on any atom is -0.384 e. The highest BCUT2D eigenvalue weighted by Gasteiger charge is 2.18. The molecule has 1 aliphatic rings. The van der Waals surface area contributed by atoms with Gasteiger partial charge in [0.15, 0.2) is 0 Å². The summed E-state index contributed by atoms with van der Waals surface area (Å²) in [5, 5.41) is 7.37. The molecule has 86 valence electrons. The van der Waals surface area contributed by atoms with E-state index < -0.39 is 0 Å². The molecular formula is C12H15FN2O. The molecule has 0 atom stereocenters. The zero-order chi connectivity index (χ0) is 11.5. The number of benzene rings is 1. The van der Waals surface area contributed by atoms with Gasteiger partial charge in [-0.15, -0.1) is 0 Å². The first-order valence-corrected chi connectivity index (χ1v) is 5.41. The quantitative estimate of drug-likeness (QED) is 0.606. The van der Waals surface area contributed by atoms with Gasteiger partial charge in [0.05, 0.1) is 12.7 Å². The highest BCUT2D eigenvalue weighted by molar-refractivity contribution is 5.96. The van der Waals surface area contributed by atoms with Crippen LogP contribution in [0.2, 0.25) is 0 Å². The van der Waals surface area contributed by atoms with E-state index in [2.05, 4.69) is 0 Å². The van der Waals surface area contributed by atoms with E-state index in [-0.39, 0.29) is 11.7 Å². The van der Waals surface area contributed by atoms with Gasteiger partial charge in [0, 0.05) is 5.56 Å². The Morgan fingerprint density at radius 3 is 2.81 bits per heavy atom. The van der Waals surface area contributed by atoms with Crippen molar-refractivity contribution in [2.24, 2.45) is 5.73 Å². The van der Waals surface area contributed by atoms with E-state index in [1.165, 1.54) is 18.6 Å². The Labute approximate surface area is 93.9 Å². The monoisotopic (exact) mass is 222 g/mol. The summed E-state index contributed by atoms with van der Waals surface area (Å²) >= 11 is 0. The average Bonchev–Trinajstić information content (AvgIpc) is 2.17. The maximum Gasteiger partial charge on any atom is 0.123 e. The molecule has 3 nitrogen and oxygen atoms in total. The molecule has 0 radical (unpaired) electrons. The zero-order valence-corrected chi connectivity index (χ0v) is 9.00. The smallest absolute Gasteiger partial charge is 0.123 e. The standard InChI is InChI=1S/C12H15FN2O/c13-9-5-4-8(11(6-9)12(14)15)7-16-10-2-1-3-10/h4-6,10H,1-3,7H2,(H3,14,15). The van der Waals surface area contributed by atoms with Gasteiger partial charge in [-0.1, -0.05) is 6.07 Å². The van der Waals surface area contributed by atoms with Crippen molar-refractivity contribution in [3.63, 3.8) is 0 Å². The first-order valence-electron chi connectivity index (χ1n) is 5.41. The second kappa shape index (κ2) is 4.61. The van der Waals surface area contributed by atoms with Crippen molar-refractivity contribution in [2.75, 3.05) is 0 Å². The summed E-state index contributed by atoms with van der Waals surface area (Å²) in [6, 6.07) is 4.28. The molecule has 1 saturated carbocycles. The van der Waals surface area contributed by atoms with Crippen molar-refractivity contribution in [1.29, 1.82) is 5.41 Å². The maximum absolute atomic E-state index is 13.0. The molecule has 0 heterocycles. The van der Waals surface area contributed by atoms with Crippen molar-refractivity contribution < 1.29 is 9.13 Å². The molecule has 1 aromatic rings. The van der Waals surface area contributed by atoms with Crippen LogP contribution in [0.4, 0.5) is 4.39 Å². The molecular weight excluding hydrogens is 207 g/mol. The highest BCUT2D eigenvalue weighted by Crippen LogP contribution is 2.23. The Kier molecular flexibility index (Phi) is 3.19. The van der Waals surface area contributed by atoms with Crippen LogP contribution < -0.4 is 5.73 Å². The van der Waals surface area contributed by atoms with Crippen LogP contribution in [0.15, 0.2) is 18.2 Å². The predicted octanol–water partition coefficient (Wildman–Crippen LogP) is 2.18. The van der Waals surface area contributed by atoms with E-state index >= 15 is 0 Å². The van der Waals surface area contributed by atoms with Crippen LogP contribution >= 0.6 is 0 Å². The van der Waals surface area contributed by atoms with E-state index in [0.717, 1.165) is 18.4 Å². The van der Waals surface area contributed by atoms with E-state index in [1.54, 1.807) is 6.07 Å². The zero-order valence-electron chi connectivity index (χ0n) is 9.00. The lowest BCUT2D eigenvalue weighted by Gasteiger charge is -2.25. The maximum atomic E-state index is 13.0. The minimum atomic E-state index is -0.377. The first kappa shape index (κ1) is 11.1. The summed E-state index contributed by atoms with van der Waals surface area (Å²) in [6.07, 6.45) is 3.73. The molecule has 1 aromatic carbocycles. The third kappa shape index (κ3) is 2.39. The van der Waals surface area contributed by atoms with Crippen molar-refractivity contribution in [2.45, 2.75) is 32.0 Å². The van der Waals surface area contributed by atoms with Gasteiger partial charge in [0.1, 0.15) is 11.7 Å². The average molecular weight is 222 g/mol. The molecule has 0 saturated heterocycles. The number of hydrogen-bond donors (Lipinski definition) is 2. The third-order valence-electron chi connectivity index (χ3n) is 2.89. The number of nitrogen functional groups attached to an aromatic ring is 1. The van der Waals surface area contributed by atoms with Crippen LogP contribution in [0, 0.1) is 11.2 Å². The first-order chi connectivity index (χ1) is 7.66. The molecule has 0 unspecified atom stereocenters. The second-order valence-corrected chi connectivity index (χ2v) is 4.08. The molecule has 2 rings (SSSR count). The van der Waals surface area contributed by atoms with Gasteiger partial charge >= 0.3 is 0 Å². The lowest BCUT2D eigenvalue weighted by Crippen LogP contribution is -2.22. The molecule has 0 amide bonds. The second-order valence-electron chi connectivity index (χ2n) is 4.08. The van der Waals surface area contributed by atoms with Gasteiger partial charge in [-0.3, -0.25) is 5.41 Å². The number of ether oxygens (including phenoxy) is 1. The molecule has 0 aromatic heterocycles. The Balaban J connectivity index is 2.08. The molecule has 0 spiro atoms. The fourth-order valence-electron chi connectivity index (χ4n) is 1.67. The summed E-state index contributed by atoms with van der Waals surface area (Å²) < 4.78 is 18.6. The Bertz CT molecular complexity index is 402.